The molecule has 1 atom stereocenters. The number of furan rings is 1. The Kier molecular flexibility index (Phi) is 2.49. The molecule has 0 spiro atoms. The van der Waals surface area contributed by atoms with Crippen LogP contribution in [0.25, 0.3) is 11.1 Å². The van der Waals surface area contributed by atoms with E-state index < -0.39 is 0 Å². The Balaban J connectivity index is 2.17. The molecule has 1 amide bonds. The minimum atomic E-state index is -0.0873. The molecule has 0 bridgehead atoms. The molecule has 4 heteroatoms. The molecule has 2 N–H and O–H groups in total. The van der Waals surface area contributed by atoms with Crippen molar-refractivity contribution in [2.24, 2.45) is 0 Å². The molecule has 2 rings (SSSR count). The third kappa shape index (κ3) is 1.88. The Morgan fingerprint density at radius 3 is 3.13 bits per heavy atom. The van der Waals surface area contributed by atoms with Crippen molar-refractivity contribution in [3.05, 3.63) is 24.1 Å². The first kappa shape index (κ1) is 9.83. The third-order valence-electron chi connectivity index (χ3n) is 2.47. The van der Waals surface area contributed by atoms with Crippen LogP contribution >= 0.6 is 0 Å². The molecule has 4 nitrogen and oxygen atoms in total. The first-order chi connectivity index (χ1) is 7.20. The maximum Gasteiger partial charge on any atom is 0.268 e. The predicted octanol–water partition coefficient (Wildman–Crippen LogP) is 2.29. The number of aromatic amines is 1. The summed E-state index contributed by atoms with van der Waals surface area (Å²) in [5.41, 5.74) is 2.11. The number of nitrogens with one attached hydrogen (secondary N) is 2. The van der Waals surface area contributed by atoms with Gasteiger partial charge in [0.15, 0.2) is 5.58 Å². The number of aromatic nitrogens is 1. The first-order valence-corrected chi connectivity index (χ1v) is 5.07. The quantitative estimate of drug-likeness (QED) is 0.809. The zero-order chi connectivity index (χ0) is 10.8. The van der Waals surface area contributed by atoms with Crippen LogP contribution in [-0.2, 0) is 0 Å². The average molecular weight is 206 g/mol. The van der Waals surface area contributed by atoms with Crippen molar-refractivity contribution in [2.45, 2.75) is 26.3 Å². The average Bonchev–Trinajstić information content (AvgIpc) is 2.76. The lowest BCUT2D eigenvalue weighted by molar-refractivity contribution is 0.0935. The highest BCUT2D eigenvalue weighted by Gasteiger charge is 2.12. The Bertz CT molecular complexity index is 441. The predicted molar refractivity (Wildman–Crippen MR) is 57.8 cm³/mol. The van der Waals surface area contributed by atoms with Crippen molar-refractivity contribution in [3.63, 3.8) is 0 Å². The van der Waals surface area contributed by atoms with E-state index in [-0.39, 0.29) is 11.9 Å². The highest BCUT2D eigenvalue weighted by Crippen LogP contribution is 2.15. The van der Waals surface area contributed by atoms with E-state index in [9.17, 15) is 4.79 Å². The molecule has 0 radical (unpaired) electrons. The van der Waals surface area contributed by atoms with Crippen LogP contribution in [0.1, 0.15) is 30.8 Å². The zero-order valence-electron chi connectivity index (χ0n) is 8.83. The number of H-pyrrole nitrogens is 1. The lowest BCUT2D eigenvalue weighted by Gasteiger charge is -2.09. The summed E-state index contributed by atoms with van der Waals surface area (Å²) < 4.78 is 5.17. The second kappa shape index (κ2) is 3.81. The molecule has 0 aliphatic carbocycles. The molecule has 0 saturated carbocycles. The monoisotopic (exact) mass is 206 g/mol. The Morgan fingerprint density at radius 2 is 2.47 bits per heavy atom. The lowest BCUT2D eigenvalue weighted by atomic mass is 10.2. The highest BCUT2D eigenvalue weighted by molar-refractivity contribution is 5.96. The van der Waals surface area contributed by atoms with Gasteiger partial charge in [-0.15, -0.1) is 0 Å². The van der Waals surface area contributed by atoms with Gasteiger partial charge in [0, 0.05) is 18.2 Å². The summed E-state index contributed by atoms with van der Waals surface area (Å²) in [6.07, 6.45) is 2.51. The zero-order valence-corrected chi connectivity index (χ0v) is 8.83. The molecule has 2 aromatic heterocycles. The van der Waals surface area contributed by atoms with E-state index in [4.69, 9.17) is 4.42 Å². The van der Waals surface area contributed by atoms with Crippen LogP contribution in [0.2, 0.25) is 0 Å². The highest BCUT2D eigenvalue weighted by atomic mass is 16.3. The number of amides is 1. The van der Waals surface area contributed by atoms with E-state index in [1.807, 2.05) is 13.8 Å². The molecule has 0 aromatic carbocycles. The maximum atomic E-state index is 11.7. The van der Waals surface area contributed by atoms with Crippen LogP contribution in [-0.4, -0.2) is 16.9 Å². The first-order valence-electron chi connectivity index (χ1n) is 5.07. The van der Waals surface area contributed by atoms with Gasteiger partial charge in [-0.3, -0.25) is 4.79 Å². The minimum absolute atomic E-state index is 0.0873. The molecule has 2 heterocycles. The van der Waals surface area contributed by atoms with Gasteiger partial charge in [0.1, 0.15) is 5.69 Å². The summed E-state index contributed by atoms with van der Waals surface area (Å²) in [4.78, 5) is 14.7. The van der Waals surface area contributed by atoms with Crippen LogP contribution in [0.15, 0.2) is 22.8 Å². The van der Waals surface area contributed by atoms with Crippen molar-refractivity contribution in [2.75, 3.05) is 0 Å². The molecule has 0 fully saturated rings. The van der Waals surface area contributed by atoms with Gasteiger partial charge in [0.05, 0.1) is 11.8 Å². The van der Waals surface area contributed by atoms with Crippen molar-refractivity contribution in [1.82, 2.24) is 10.3 Å². The molecule has 2 aromatic rings. The normalized spacial score (nSPS) is 12.9. The minimum Gasteiger partial charge on any atom is -0.463 e. The fourth-order valence-corrected chi connectivity index (χ4v) is 1.37. The van der Waals surface area contributed by atoms with E-state index in [0.29, 0.717) is 11.3 Å². The summed E-state index contributed by atoms with van der Waals surface area (Å²) in [5, 5.41) is 2.88. The Morgan fingerprint density at radius 1 is 1.67 bits per heavy atom. The molecule has 15 heavy (non-hydrogen) atoms. The van der Waals surface area contributed by atoms with E-state index in [1.54, 1.807) is 18.4 Å². The van der Waals surface area contributed by atoms with E-state index in [0.717, 1.165) is 11.9 Å². The van der Waals surface area contributed by atoms with Gasteiger partial charge in [0.25, 0.3) is 5.91 Å². The molecular weight excluding hydrogens is 192 g/mol. The fraction of sp³-hybridized carbons (Fsp3) is 0.364. The van der Waals surface area contributed by atoms with E-state index in [2.05, 4.69) is 10.3 Å². The Hall–Kier alpha value is -1.71. The molecule has 1 unspecified atom stereocenters. The topological polar surface area (TPSA) is 58.0 Å². The number of fused-ring (bicyclic) bond motifs is 1. The van der Waals surface area contributed by atoms with Gasteiger partial charge in [-0.2, -0.15) is 0 Å². The van der Waals surface area contributed by atoms with Gasteiger partial charge < -0.3 is 14.7 Å². The maximum absolute atomic E-state index is 11.7. The van der Waals surface area contributed by atoms with Gasteiger partial charge in [-0.1, -0.05) is 6.92 Å². The van der Waals surface area contributed by atoms with Crippen molar-refractivity contribution < 1.29 is 9.21 Å². The van der Waals surface area contributed by atoms with Gasteiger partial charge >= 0.3 is 0 Å². The number of hydrogen-bond donors (Lipinski definition) is 2. The summed E-state index contributed by atoms with van der Waals surface area (Å²) in [5.74, 6) is -0.0873. The SMILES string of the molecule is CCC(C)NC(=O)c1cc2occc2[nH]1. The molecule has 0 aliphatic heterocycles. The number of carbonyl (C=O) groups is 1. The number of rotatable bonds is 3. The van der Waals surface area contributed by atoms with Crippen LogP contribution in [0.5, 0.6) is 0 Å². The van der Waals surface area contributed by atoms with Gasteiger partial charge in [-0.25, -0.2) is 0 Å². The van der Waals surface area contributed by atoms with Crippen molar-refractivity contribution in [1.29, 1.82) is 0 Å². The fourth-order valence-electron chi connectivity index (χ4n) is 1.37. The molecular formula is C11H14N2O2. The van der Waals surface area contributed by atoms with Crippen LogP contribution < -0.4 is 5.32 Å². The van der Waals surface area contributed by atoms with Crippen LogP contribution in [0.3, 0.4) is 0 Å². The summed E-state index contributed by atoms with van der Waals surface area (Å²) in [6.45, 7) is 4.01. The third-order valence-corrected chi connectivity index (χ3v) is 2.47. The summed E-state index contributed by atoms with van der Waals surface area (Å²) in [6, 6.07) is 3.70. The lowest BCUT2D eigenvalue weighted by Crippen LogP contribution is -2.32. The van der Waals surface area contributed by atoms with E-state index >= 15 is 0 Å². The smallest absolute Gasteiger partial charge is 0.268 e. The van der Waals surface area contributed by atoms with Crippen LogP contribution in [0.4, 0.5) is 0 Å². The second-order valence-corrected chi connectivity index (χ2v) is 3.66. The Labute approximate surface area is 87.7 Å². The molecule has 80 valence electrons. The van der Waals surface area contributed by atoms with E-state index in [1.165, 1.54) is 0 Å². The number of hydrogen-bond acceptors (Lipinski definition) is 2. The largest absolute Gasteiger partial charge is 0.463 e. The standard InChI is InChI=1S/C11H14N2O2/c1-3-7(2)12-11(14)9-6-10-8(13-9)4-5-15-10/h4-7,13H,3H2,1-2H3,(H,12,14). The summed E-state index contributed by atoms with van der Waals surface area (Å²) in [7, 11) is 0. The van der Waals surface area contributed by atoms with Crippen molar-refractivity contribution >= 4 is 17.0 Å². The second-order valence-electron chi connectivity index (χ2n) is 3.66. The van der Waals surface area contributed by atoms with Gasteiger partial charge in [0.2, 0.25) is 0 Å². The van der Waals surface area contributed by atoms with Crippen LogP contribution in [0, 0.1) is 0 Å². The number of carbonyl (C=O) groups excluding carboxylic acids is 1. The summed E-state index contributed by atoms with van der Waals surface area (Å²) >= 11 is 0. The molecule has 0 aliphatic rings. The van der Waals surface area contributed by atoms with Gasteiger partial charge in [-0.05, 0) is 13.3 Å². The van der Waals surface area contributed by atoms with Crippen molar-refractivity contribution in [3.8, 4) is 0 Å². The molecule has 0 saturated heterocycles.